The van der Waals surface area contributed by atoms with Crippen LogP contribution in [-0.4, -0.2) is 22.1 Å². The van der Waals surface area contributed by atoms with Crippen LogP contribution in [0.15, 0.2) is 67.3 Å². The van der Waals surface area contributed by atoms with Crippen LogP contribution in [-0.2, 0) is 13.2 Å². The minimum Gasteiger partial charge on any atom is -0.487 e. The fourth-order valence-corrected chi connectivity index (χ4v) is 2.68. The summed E-state index contributed by atoms with van der Waals surface area (Å²) in [5.74, 6) is -0.250. The van der Waals surface area contributed by atoms with E-state index in [1.165, 1.54) is 6.07 Å². The van der Waals surface area contributed by atoms with Gasteiger partial charge in [-0.2, -0.15) is 0 Å². The van der Waals surface area contributed by atoms with E-state index in [4.69, 9.17) is 4.74 Å². The lowest BCUT2D eigenvalue weighted by molar-refractivity contribution is 0.251. The summed E-state index contributed by atoms with van der Waals surface area (Å²) in [6.45, 7) is 1.62. The number of anilines is 1. The number of benzene rings is 2. The molecule has 0 radical (unpaired) electrons. The first-order valence-electron chi connectivity index (χ1n) is 9.18. The van der Waals surface area contributed by atoms with E-state index in [-0.39, 0.29) is 12.3 Å². The summed E-state index contributed by atoms with van der Waals surface area (Å²) >= 11 is 0. The number of carbonyl (C=O) groups is 1. The molecule has 28 heavy (non-hydrogen) atoms. The molecule has 2 aromatic carbocycles. The van der Waals surface area contributed by atoms with Crippen LogP contribution in [0.25, 0.3) is 0 Å². The maximum absolute atomic E-state index is 14.2. The quantitative estimate of drug-likeness (QED) is 0.545. The normalized spacial score (nSPS) is 10.5. The van der Waals surface area contributed by atoms with Crippen molar-refractivity contribution in [2.75, 3.05) is 11.9 Å². The molecule has 2 N–H and O–H groups in total. The third kappa shape index (κ3) is 5.84. The molecule has 146 valence electrons. The predicted molar refractivity (Wildman–Crippen MR) is 106 cm³/mol. The zero-order valence-electron chi connectivity index (χ0n) is 15.5. The summed E-state index contributed by atoms with van der Waals surface area (Å²) in [7, 11) is 0. The van der Waals surface area contributed by atoms with E-state index in [1.807, 2.05) is 41.1 Å². The van der Waals surface area contributed by atoms with E-state index in [0.717, 1.165) is 24.9 Å². The second-order valence-corrected chi connectivity index (χ2v) is 6.28. The maximum atomic E-state index is 14.2. The molecule has 0 aliphatic heterocycles. The molecule has 0 aliphatic rings. The average molecular weight is 382 g/mol. The lowest BCUT2D eigenvalue weighted by Gasteiger charge is -2.14. The highest BCUT2D eigenvalue weighted by Crippen LogP contribution is 2.28. The zero-order valence-corrected chi connectivity index (χ0v) is 15.5. The van der Waals surface area contributed by atoms with Gasteiger partial charge < -0.3 is 19.9 Å². The Labute approximate surface area is 163 Å². The van der Waals surface area contributed by atoms with Crippen molar-refractivity contribution in [3.05, 3.63) is 78.6 Å². The number of nitrogens with zero attached hydrogens (tertiary/aromatic N) is 2. The number of imidazole rings is 1. The smallest absolute Gasteiger partial charge is 0.319 e. The van der Waals surface area contributed by atoms with Gasteiger partial charge in [0.05, 0.1) is 6.33 Å². The molecule has 0 atom stereocenters. The number of rotatable bonds is 9. The van der Waals surface area contributed by atoms with Crippen LogP contribution in [0.3, 0.4) is 0 Å². The van der Waals surface area contributed by atoms with Crippen molar-refractivity contribution in [3.63, 3.8) is 0 Å². The minimum atomic E-state index is -0.541. The number of aryl methyl sites for hydroxylation is 1. The highest BCUT2D eigenvalue weighted by molar-refractivity contribution is 5.91. The highest BCUT2D eigenvalue weighted by Gasteiger charge is 2.13. The number of para-hydroxylation sites is 1. The Hall–Kier alpha value is -3.35. The van der Waals surface area contributed by atoms with Crippen molar-refractivity contribution in [1.29, 1.82) is 0 Å². The van der Waals surface area contributed by atoms with Crippen LogP contribution in [0.1, 0.15) is 18.4 Å². The molecule has 2 amide bonds. The van der Waals surface area contributed by atoms with Gasteiger partial charge in [-0.1, -0.05) is 36.4 Å². The van der Waals surface area contributed by atoms with E-state index in [0.29, 0.717) is 12.3 Å². The Balaban J connectivity index is 1.47. The second-order valence-electron chi connectivity index (χ2n) is 6.28. The van der Waals surface area contributed by atoms with Gasteiger partial charge in [-0.3, -0.25) is 0 Å². The van der Waals surface area contributed by atoms with Crippen molar-refractivity contribution in [3.8, 4) is 5.75 Å². The minimum absolute atomic E-state index is 0.0364. The number of hydrogen-bond acceptors (Lipinski definition) is 3. The first kappa shape index (κ1) is 19.4. The molecule has 0 saturated carbocycles. The third-order valence-corrected chi connectivity index (χ3v) is 4.14. The van der Waals surface area contributed by atoms with Crippen molar-refractivity contribution in [2.45, 2.75) is 26.0 Å². The molecular weight excluding hydrogens is 359 g/mol. The predicted octanol–water partition coefficient (Wildman–Crippen LogP) is 4.20. The van der Waals surface area contributed by atoms with Crippen molar-refractivity contribution >= 4 is 11.7 Å². The molecular formula is C21H23FN4O2. The number of aromatic nitrogens is 2. The topological polar surface area (TPSA) is 68.2 Å². The van der Waals surface area contributed by atoms with Crippen LogP contribution in [0.4, 0.5) is 14.9 Å². The SMILES string of the molecule is O=C(NCCCCn1ccnc1)Nc1c(F)cccc1OCc1ccccc1. The molecule has 6 nitrogen and oxygen atoms in total. The monoisotopic (exact) mass is 382 g/mol. The number of ether oxygens (including phenoxy) is 1. The third-order valence-electron chi connectivity index (χ3n) is 4.14. The fraction of sp³-hybridized carbons (Fsp3) is 0.238. The van der Waals surface area contributed by atoms with Gasteiger partial charge in [-0.25, -0.2) is 14.2 Å². The Morgan fingerprint density at radius 2 is 1.96 bits per heavy atom. The van der Waals surface area contributed by atoms with Gasteiger partial charge in [0.2, 0.25) is 0 Å². The largest absolute Gasteiger partial charge is 0.487 e. The Morgan fingerprint density at radius 1 is 1.11 bits per heavy atom. The molecule has 0 bridgehead atoms. The summed E-state index contributed by atoms with van der Waals surface area (Å²) in [5, 5.41) is 5.30. The number of urea groups is 1. The Bertz CT molecular complexity index is 869. The van der Waals surface area contributed by atoms with Crippen molar-refractivity contribution in [2.24, 2.45) is 0 Å². The summed E-state index contributed by atoms with van der Waals surface area (Å²) in [6.07, 6.45) is 7.10. The van der Waals surface area contributed by atoms with Crippen molar-refractivity contribution in [1.82, 2.24) is 14.9 Å². The summed E-state index contributed by atoms with van der Waals surface area (Å²) in [4.78, 5) is 16.1. The molecule has 3 rings (SSSR count). The summed E-state index contributed by atoms with van der Waals surface area (Å²) in [5.41, 5.74) is 0.995. The Kier molecular flexibility index (Phi) is 7.01. The number of hydrogen-bond donors (Lipinski definition) is 2. The summed E-state index contributed by atoms with van der Waals surface area (Å²) < 4.78 is 21.9. The number of carbonyl (C=O) groups excluding carboxylic acids is 1. The van der Waals surface area contributed by atoms with Gasteiger partial charge in [-0.15, -0.1) is 0 Å². The number of amides is 2. The van der Waals surface area contributed by atoms with E-state index < -0.39 is 11.8 Å². The molecule has 0 spiro atoms. The van der Waals surface area contributed by atoms with E-state index in [9.17, 15) is 9.18 Å². The fourth-order valence-electron chi connectivity index (χ4n) is 2.68. The van der Waals surface area contributed by atoms with E-state index in [2.05, 4.69) is 15.6 Å². The molecule has 0 fully saturated rings. The van der Waals surface area contributed by atoms with Gasteiger partial charge in [-0.05, 0) is 30.5 Å². The second kappa shape index (κ2) is 10.1. The van der Waals surface area contributed by atoms with Crippen LogP contribution in [0.5, 0.6) is 5.75 Å². The first-order chi connectivity index (χ1) is 13.7. The van der Waals surface area contributed by atoms with Gasteiger partial charge in [0, 0.05) is 25.5 Å². The van der Waals surface area contributed by atoms with Crippen LogP contribution >= 0.6 is 0 Å². The lowest BCUT2D eigenvalue weighted by atomic mass is 10.2. The van der Waals surface area contributed by atoms with Crippen molar-refractivity contribution < 1.29 is 13.9 Å². The lowest BCUT2D eigenvalue weighted by Crippen LogP contribution is -2.30. The van der Waals surface area contributed by atoms with Gasteiger partial charge in [0.25, 0.3) is 0 Å². The van der Waals surface area contributed by atoms with E-state index in [1.54, 1.807) is 24.7 Å². The van der Waals surface area contributed by atoms with Gasteiger partial charge in [0.1, 0.15) is 18.0 Å². The molecule has 1 heterocycles. The van der Waals surface area contributed by atoms with Crippen LogP contribution in [0.2, 0.25) is 0 Å². The highest BCUT2D eigenvalue weighted by atomic mass is 19.1. The molecule has 0 aliphatic carbocycles. The molecule has 7 heteroatoms. The van der Waals surface area contributed by atoms with Crippen LogP contribution in [0, 0.1) is 5.82 Å². The standard InChI is InChI=1S/C21H23FN4O2/c22-18-9-6-10-19(28-15-17-7-2-1-3-8-17)20(18)25-21(27)24-11-4-5-13-26-14-12-23-16-26/h1-3,6-10,12,14,16H,4-5,11,13,15H2,(H2,24,25,27). The van der Waals surface area contributed by atoms with E-state index >= 15 is 0 Å². The summed E-state index contributed by atoms with van der Waals surface area (Å²) in [6, 6.07) is 13.6. The van der Waals surface area contributed by atoms with Crippen LogP contribution < -0.4 is 15.4 Å². The zero-order chi connectivity index (χ0) is 19.6. The van der Waals surface area contributed by atoms with Gasteiger partial charge >= 0.3 is 6.03 Å². The molecule has 0 saturated heterocycles. The molecule has 3 aromatic rings. The number of halogens is 1. The first-order valence-corrected chi connectivity index (χ1v) is 9.18. The molecule has 1 aromatic heterocycles. The number of nitrogens with one attached hydrogen (secondary N) is 2. The average Bonchev–Trinajstić information content (AvgIpc) is 3.22. The Morgan fingerprint density at radius 3 is 2.75 bits per heavy atom. The molecule has 0 unspecified atom stereocenters. The maximum Gasteiger partial charge on any atom is 0.319 e. The van der Waals surface area contributed by atoms with Gasteiger partial charge in [0.15, 0.2) is 5.82 Å². The number of unbranched alkanes of at least 4 members (excludes halogenated alkanes) is 1.